The highest BCUT2D eigenvalue weighted by molar-refractivity contribution is 5.56. The number of ether oxygens (including phenoxy) is 5. The lowest BCUT2D eigenvalue weighted by molar-refractivity contribution is 0.174. The van der Waals surface area contributed by atoms with E-state index in [2.05, 4.69) is 24.0 Å². The van der Waals surface area contributed by atoms with Crippen molar-refractivity contribution >= 4 is 0 Å². The summed E-state index contributed by atoms with van der Waals surface area (Å²) in [6.45, 7) is 5.95. The van der Waals surface area contributed by atoms with Crippen molar-refractivity contribution in [3.05, 3.63) is 41.5 Å². The van der Waals surface area contributed by atoms with Crippen molar-refractivity contribution in [3.63, 3.8) is 0 Å². The molecule has 2 aromatic carbocycles. The zero-order chi connectivity index (χ0) is 21.8. The van der Waals surface area contributed by atoms with Crippen LogP contribution in [0.3, 0.4) is 0 Å². The number of hydrogen-bond donors (Lipinski definition) is 0. The summed E-state index contributed by atoms with van der Waals surface area (Å²) in [5.74, 6) is 4.68. The number of hydrogen-bond acceptors (Lipinski definition) is 6. The summed E-state index contributed by atoms with van der Waals surface area (Å²) in [4.78, 5) is 2.58. The lowest BCUT2D eigenvalue weighted by Crippen LogP contribution is -2.35. The first-order chi connectivity index (χ1) is 15.1. The topological polar surface area (TPSA) is 49.4 Å². The molecule has 0 spiro atoms. The van der Waals surface area contributed by atoms with Crippen LogP contribution in [0.5, 0.6) is 28.7 Å². The van der Waals surface area contributed by atoms with Crippen LogP contribution in [0.1, 0.15) is 43.2 Å². The number of rotatable bonds is 8. The molecule has 0 aliphatic carbocycles. The first-order valence-corrected chi connectivity index (χ1v) is 11.0. The molecule has 0 amide bonds. The molecule has 6 nitrogen and oxygen atoms in total. The number of methoxy groups -OCH3 is 3. The molecular weight excluding hydrogens is 394 g/mol. The van der Waals surface area contributed by atoms with Gasteiger partial charge in [0, 0.05) is 30.2 Å². The average Bonchev–Trinajstić information content (AvgIpc) is 3.27. The van der Waals surface area contributed by atoms with Gasteiger partial charge in [0.1, 0.15) is 17.2 Å². The van der Waals surface area contributed by atoms with Gasteiger partial charge in [-0.25, -0.2) is 0 Å². The Bertz CT molecular complexity index is 874. The van der Waals surface area contributed by atoms with Gasteiger partial charge in [-0.3, -0.25) is 0 Å². The summed E-state index contributed by atoms with van der Waals surface area (Å²) in [6, 6.07) is 10.1. The minimum Gasteiger partial charge on any atom is -0.496 e. The molecule has 6 heteroatoms. The predicted molar refractivity (Wildman–Crippen MR) is 120 cm³/mol. The Morgan fingerprint density at radius 3 is 2.42 bits per heavy atom. The summed E-state index contributed by atoms with van der Waals surface area (Å²) >= 11 is 0. The third-order valence-electron chi connectivity index (χ3n) is 6.38. The molecular formula is C25H33NO5. The van der Waals surface area contributed by atoms with Crippen LogP contribution >= 0.6 is 0 Å². The van der Waals surface area contributed by atoms with Crippen molar-refractivity contribution in [3.8, 4) is 28.7 Å². The molecule has 31 heavy (non-hydrogen) atoms. The Balaban J connectivity index is 1.71. The monoisotopic (exact) mass is 427 g/mol. The highest BCUT2D eigenvalue weighted by Gasteiger charge is 2.27. The molecule has 1 fully saturated rings. The normalized spacial score (nSPS) is 19.2. The second-order valence-corrected chi connectivity index (χ2v) is 8.45. The van der Waals surface area contributed by atoms with E-state index >= 15 is 0 Å². The molecule has 2 aliphatic rings. The van der Waals surface area contributed by atoms with Crippen molar-refractivity contribution in [1.29, 1.82) is 0 Å². The van der Waals surface area contributed by atoms with Gasteiger partial charge in [-0.05, 0) is 56.0 Å². The Kier molecular flexibility index (Phi) is 6.76. The zero-order valence-corrected chi connectivity index (χ0v) is 19.0. The van der Waals surface area contributed by atoms with Crippen LogP contribution in [0.25, 0.3) is 0 Å². The van der Waals surface area contributed by atoms with Gasteiger partial charge in [0.2, 0.25) is 6.79 Å². The van der Waals surface area contributed by atoms with Crippen molar-refractivity contribution in [2.75, 3.05) is 47.8 Å². The lowest BCUT2D eigenvalue weighted by atomic mass is 9.86. The summed E-state index contributed by atoms with van der Waals surface area (Å²) in [7, 11) is 5.04. The van der Waals surface area contributed by atoms with Gasteiger partial charge in [0.25, 0.3) is 0 Å². The first-order valence-electron chi connectivity index (χ1n) is 11.0. The van der Waals surface area contributed by atoms with Crippen molar-refractivity contribution in [2.24, 2.45) is 5.92 Å². The molecule has 2 heterocycles. The van der Waals surface area contributed by atoms with Crippen molar-refractivity contribution in [2.45, 2.75) is 32.1 Å². The van der Waals surface area contributed by atoms with Crippen LogP contribution in [0.15, 0.2) is 30.3 Å². The van der Waals surface area contributed by atoms with Crippen LogP contribution in [0.2, 0.25) is 0 Å². The van der Waals surface area contributed by atoms with E-state index in [0.29, 0.717) is 5.75 Å². The van der Waals surface area contributed by atoms with E-state index in [0.717, 1.165) is 66.1 Å². The summed E-state index contributed by atoms with van der Waals surface area (Å²) in [6.07, 6.45) is 3.54. The molecule has 0 N–H and O–H groups in total. The Morgan fingerprint density at radius 1 is 1.00 bits per heavy atom. The van der Waals surface area contributed by atoms with E-state index in [1.54, 1.807) is 21.3 Å². The van der Waals surface area contributed by atoms with Gasteiger partial charge >= 0.3 is 0 Å². The highest BCUT2D eigenvalue weighted by atomic mass is 16.7. The van der Waals surface area contributed by atoms with Crippen molar-refractivity contribution < 1.29 is 23.7 Å². The van der Waals surface area contributed by atoms with Gasteiger partial charge in [-0.1, -0.05) is 13.0 Å². The van der Waals surface area contributed by atoms with Crippen LogP contribution in [0, 0.1) is 5.92 Å². The molecule has 0 aromatic heterocycles. The molecule has 1 saturated heterocycles. The number of benzene rings is 2. The smallest absolute Gasteiger partial charge is 0.231 e. The number of piperidine rings is 1. The number of likely N-dealkylation sites (tertiary alicyclic amines) is 1. The van der Waals surface area contributed by atoms with Gasteiger partial charge in [-0.2, -0.15) is 0 Å². The van der Waals surface area contributed by atoms with E-state index in [-0.39, 0.29) is 12.7 Å². The SMILES string of the molecule is COc1cc(OC)c(C(CCN2CCCC(C)C2)c2ccc3c(c2)OCO3)c(OC)c1. The molecule has 0 bridgehead atoms. The standard InChI is InChI=1S/C25H33NO5/c1-17-6-5-10-26(15-17)11-9-20(18-7-8-21-22(12-18)31-16-30-21)25-23(28-3)13-19(27-2)14-24(25)29-4/h7-8,12-14,17,20H,5-6,9-11,15-16H2,1-4H3. The maximum atomic E-state index is 5.80. The minimum absolute atomic E-state index is 0.0857. The summed E-state index contributed by atoms with van der Waals surface area (Å²) in [5.41, 5.74) is 2.20. The molecule has 2 unspecified atom stereocenters. The summed E-state index contributed by atoms with van der Waals surface area (Å²) < 4.78 is 28.3. The van der Waals surface area contributed by atoms with Gasteiger partial charge < -0.3 is 28.6 Å². The van der Waals surface area contributed by atoms with E-state index in [4.69, 9.17) is 23.7 Å². The molecule has 2 aliphatic heterocycles. The van der Waals surface area contributed by atoms with Crippen LogP contribution in [0.4, 0.5) is 0 Å². The molecule has 0 radical (unpaired) electrons. The molecule has 4 rings (SSSR count). The molecule has 0 saturated carbocycles. The summed E-state index contributed by atoms with van der Waals surface area (Å²) in [5, 5.41) is 0. The van der Waals surface area contributed by atoms with E-state index in [9.17, 15) is 0 Å². The first kappa shape index (κ1) is 21.6. The minimum atomic E-state index is 0.0857. The van der Waals surface area contributed by atoms with E-state index in [1.165, 1.54) is 12.8 Å². The second-order valence-electron chi connectivity index (χ2n) is 8.45. The highest BCUT2D eigenvalue weighted by Crippen LogP contribution is 2.45. The average molecular weight is 428 g/mol. The Labute approximate surface area is 185 Å². The maximum absolute atomic E-state index is 5.80. The van der Waals surface area contributed by atoms with Crippen LogP contribution < -0.4 is 23.7 Å². The van der Waals surface area contributed by atoms with Gasteiger partial charge in [0.05, 0.1) is 21.3 Å². The van der Waals surface area contributed by atoms with Gasteiger partial charge in [0.15, 0.2) is 11.5 Å². The Morgan fingerprint density at radius 2 is 1.74 bits per heavy atom. The fourth-order valence-corrected chi connectivity index (χ4v) is 4.79. The molecule has 2 atom stereocenters. The number of nitrogens with zero attached hydrogens (tertiary/aromatic N) is 1. The fourth-order valence-electron chi connectivity index (χ4n) is 4.79. The van der Waals surface area contributed by atoms with E-state index < -0.39 is 0 Å². The lowest BCUT2D eigenvalue weighted by Gasteiger charge is -2.32. The molecule has 168 valence electrons. The van der Waals surface area contributed by atoms with Crippen LogP contribution in [-0.2, 0) is 0 Å². The third kappa shape index (κ3) is 4.69. The zero-order valence-electron chi connectivity index (χ0n) is 19.0. The predicted octanol–water partition coefficient (Wildman–Crippen LogP) is 4.70. The fraction of sp³-hybridized carbons (Fsp3) is 0.520. The second kappa shape index (κ2) is 9.69. The van der Waals surface area contributed by atoms with E-state index in [1.807, 2.05) is 18.2 Å². The Hall–Kier alpha value is -2.60. The van der Waals surface area contributed by atoms with Crippen LogP contribution in [-0.4, -0.2) is 52.7 Å². The number of fused-ring (bicyclic) bond motifs is 1. The third-order valence-corrected chi connectivity index (χ3v) is 6.38. The van der Waals surface area contributed by atoms with Gasteiger partial charge in [-0.15, -0.1) is 0 Å². The largest absolute Gasteiger partial charge is 0.496 e. The van der Waals surface area contributed by atoms with Crippen molar-refractivity contribution in [1.82, 2.24) is 4.90 Å². The molecule has 2 aromatic rings. The quantitative estimate of drug-likeness (QED) is 0.609. The maximum Gasteiger partial charge on any atom is 0.231 e.